The summed E-state index contributed by atoms with van der Waals surface area (Å²) in [5.74, 6) is -0.217. The molecule has 134 valence electrons. The number of allylic oxidation sites excluding steroid dienone is 9. The van der Waals surface area contributed by atoms with E-state index >= 15 is 0 Å². The van der Waals surface area contributed by atoms with E-state index in [0.717, 1.165) is 24.8 Å². The lowest BCUT2D eigenvalue weighted by molar-refractivity contribution is -0.137. The van der Waals surface area contributed by atoms with Crippen LogP contribution in [0.25, 0.3) is 0 Å². The van der Waals surface area contributed by atoms with Gasteiger partial charge in [-0.2, -0.15) is 0 Å². The average Bonchev–Trinajstić information content (AvgIpc) is 2.86. The van der Waals surface area contributed by atoms with Crippen LogP contribution in [0.3, 0.4) is 0 Å². The van der Waals surface area contributed by atoms with Gasteiger partial charge in [-0.25, -0.2) is 4.79 Å². The predicted molar refractivity (Wildman–Crippen MR) is 103 cm³/mol. The van der Waals surface area contributed by atoms with Gasteiger partial charge in [-0.3, -0.25) is 0 Å². The summed E-state index contributed by atoms with van der Waals surface area (Å²) in [5.41, 5.74) is 6.88. The van der Waals surface area contributed by atoms with Crippen molar-refractivity contribution < 1.29 is 9.53 Å². The van der Waals surface area contributed by atoms with E-state index in [9.17, 15) is 4.79 Å². The number of carbonyl (C=O) groups is 1. The van der Waals surface area contributed by atoms with Crippen molar-refractivity contribution in [3.63, 3.8) is 0 Å². The van der Waals surface area contributed by atoms with Crippen LogP contribution in [0.5, 0.6) is 0 Å². The first-order valence-electron chi connectivity index (χ1n) is 9.94. The molecule has 0 atom stereocenters. The molecule has 0 spiro atoms. The molecule has 0 radical (unpaired) electrons. The van der Waals surface area contributed by atoms with Crippen molar-refractivity contribution in [3.8, 4) is 0 Å². The highest BCUT2D eigenvalue weighted by molar-refractivity contribution is 5.83. The molecule has 3 aliphatic carbocycles. The van der Waals surface area contributed by atoms with Crippen LogP contribution in [-0.4, -0.2) is 12.6 Å². The molecule has 0 aliphatic heterocycles. The van der Waals surface area contributed by atoms with E-state index in [4.69, 9.17) is 4.74 Å². The third-order valence-corrected chi connectivity index (χ3v) is 5.31. The highest BCUT2D eigenvalue weighted by atomic mass is 16.5. The molecule has 0 heterocycles. The van der Waals surface area contributed by atoms with Crippen LogP contribution >= 0.6 is 0 Å². The minimum atomic E-state index is -0.217. The zero-order valence-corrected chi connectivity index (χ0v) is 15.5. The van der Waals surface area contributed by atoms with Crippen LogP contribution in [-0.2, 0) is 9.53 Å². The molecule has 3 aliphatic rings. The zero-order valence-electron chi connectivity index (χ0n) is 15.5. The highest BCUT2D eigenvalue weighted by Gasteiger charge is 2.17. The van der Waals surface area contributed by atoms with E-state index in [2.05, 4.69) is 24.3 Å². The first-order chi connectivity index (χ1) is 12.3. The fourth-order valence-corrected chi connectivity index (χ4v) is 3.97. The fourth-order valence-electron chi connectivity index (χ4n) is 3.97. The Morgan fingerprint density at radius 3 is 2.28 bits per heavy atom. The van der Waals surface area contributed by atoms with Gasteiger partial charge in [0.15, 0.2) is 0 Å². The topological polar surface area (TPSA) is 26.3 Å². The minimum absolute atomic E-state index is 0.217. The Kier molecular flexibility index (Phi) is 6.49. The van der Waals surface area contributed by atoms with Crippen molar-refractivity contribution in [3.05, 3.63) is 58.2 Å². The molecule has 0 unspecified atom stereocenters. The van der Waals surface area contributed by atoms with Crippen molar-refractivity contribution in [2.75, 3.05) is 6.61 Å². The Morgan fingerprint density at radius 2 is 1.64 bits per heavy atom. The third kappa shape index (κ3) is 5.07. The van der Waals surface area contributed by atoms with Crippen molar-refractivity contribution in [2.24, 2.45) is 0 Å². The number of rotatable bonds is 4. The maximum Gasteiger partial charge on any atom is 0.331 e. The van der Waals surface area contributed by atoms with Gasteiger partial charge in [0, 0.05) is 6.08 Å². The molecule has 0 saturated carbocycles. The van der Waals surface area contributed by atoms with Gasteiger partial charge in [-0.05, 0) is 99.0 Å². The number of ether oxygens (including phenoxy) is 1. The summed E-state index contributed by atoms with van der Waals surface area (Å²) in [6, 6.07) is 0. The quantitative estimate of drug-likeness (QED) is 0.456. The number of hydrogen-bond acceptors (Lipinski definition) is 2. The largest absolute Gasteiger partial charge is 0.463 e. The molecular weight excluding hydrogens is 308 g/mol. The molecule has 0 saturated heterocycles. The number of hydrogen-bond donors (Lipinski definition) is 0. The van der Waals surface area contributed by atoms with Gasteiger partial charge in [-0.15, -0.1) is 0 Å². The Morgan fingerprint density at radius 1 is 0.920 bits per heavy atom. The summed E-state index contributed by atoms with van der Waals surface area (Å²) in [4.78, 5) is 11.9. The molecule has 2 nitrogen and oxygen atoms in total. The molecule has 0 N–H and O–H groups in total. The van der Waals surface area contributed by atoms with Crippen molar-refractivity contribution >= 4 is 5.97 Å². The standard InChI is InChI=1S/C23H30O2/c1-2-25-23(24)16-18-13-14-21(19-9-5-3-6-10-19)17-22(15-18)20-11-7-4-8-12-20/h9,11,15-17H,2-8,10,12-14H2,1H3/b18-16-. The second kappa shape index (κ2) is 9.03. The van der Waals surface area contributed by atoms with E-state index in [1.165, 1.54) is 67.2 Å². The van der Waals surface area contributed by atoms with E-state index in [1.54, 1.807) is 6.08 Å². The molecule has 2 heteroatoms. The smallest absolute Gasteiger partial charge is 0.331 e. The van der Waals surface area contributed by atoms with Gasteiger partial charge >= 0.3 is 5.97 Å². The monoisotopic (exact) mass is 338 g/mol. The van der Waals surface area contributed by atoms with Gasteiger partial charge in [0.1, 0.15) is 0 Å². The molecule has 0 aromatic heterocycles. The summed E-state index contributed by atoms with van der Waals surface area (Å²) in [6.07, 6.45) is 23.0. The lowest BCUT2D eigenvalue weighted by atomic mass is 9.88. The summed E-state index contributed by atoms with van der Waals surface area (Å²) < 4.78 is 5.12. The van der Waals surface area contributed by atoms with E-state index in [0.29, 0.717) is 6.61 Å². The maximum absolute atomic E-state index is 11.9. The molecule has 0 aromatic rings. The Hall–Kier alpha value is -1.83. The molecular formula is C23H30O2. The van der Waals surface area contributed by atoms with Gasteiger partial charge in [0.2, 0.25) is 0 Å². The van der Waals surface area contributed by atoms with Crippen LogP contribution in [0.15, 0.2) is 58.2 Å². The fraction of sp³-hybridized carbons (Fsp3) is 0.522. The zero-order chi connectivity index (χ0) is 17.5. The van der Waals surface area contributed by atoms with Crippen LogP contribution in [0.4, 0.5) is 0 Å². The Labute approximate surface area is 152 Å². The lowest BCUT2D eigenvalue weighted by Crippen LogP contribution is -2.01. The summed E-state index contributed by atoms with van der Waals surface area (Å²) >= 11 is 0. The first kappa shape index (κ1) is 18.0. The van der Waals surface area contributed by atoms with Crippen molar-refractivity contribution in [1.82, 2.24) is 0 Å². The Balaban J connectivity index is 1.90. The van der Waals surface area contributed by atoms with Crippen molar-refractivity contribution in [1.29, 1.82) is 0 Å². The SMILES string of the molecule is CCOC(=O)/C=C1\C=C(C2=CCCCC2)C=C(C2=CCCCC2)CC1. The lowest BCUT2D eigenvalue weighted by Gasteiger charge is -2.17. The third-order valence-electron chi connectivity index (χ3n) is 5.31. The summed E-state index contributed by atoms with van der Waals surface area (Å²) in [6.45, 7) is 2.29. The number of carbonyl (C=O) groups excluding carboxylic acids is 1. The second-order valence-electron chi connectivity index (χ2n) is 7.19. The van der Waals surface area contributed by atoms with Gasteiger partial charge < -0.3 is 4.74 Å². The molecule has 0 bridgehead atoms. The minimum Gasteiger partial charge on any atom is -0.463 e. The summed E-state index contributed by atoms with van der Waals surface area (Å²) in [5, 5.41) is 0. The van der Waals surface area contributed by atoms with Crippen LogP contribution in [0.1, 0.15) is 71.1 Å². The van der Waals surface area contributed by atoms with Crippen LogP contribution in [0, 0.1) is 0 Å². The van der Waals surface area contributed by atoms with Crippen molar-refractivity contribution in [2.45, 2.75) is 71.1 Å². The predicted octanol–water partition coefficient (Wildman–Crippen LogP) is 6.12. The van der Waals surface area contributed by atoms with Gasteiger partial charge in [0.25, 0.3) is 0 Å². The molecule has 3 rings (SSSR count). The van der Waals surface area contributed by atoms with E-state index < -0.39 is 0 Å². The molecule has 0 aromatic carbocycles. The van der Waals surface area contributed by atoms with E-state index in [-0.39, 0.29) is 5.97 Å². The van der Waals surface area contributed by atoms with Gasteiger partial charge in [-0.1, -0.05) is 24.3 Å². The number of esters is 1. The maximum atomic E-state index is 11.9. The average molecular weight is 338 g/mol. The van der Waals surface area contributed by atoms with Gasteiger partial charge in [0.05, 0.1) is 6.61 Å². The molecule has 0 amide bonds. The Bertz CT molecular complexity index is 656. The second-order valence-corrected chi connectivity index (χ2v) is 7.19. The van der Waals surface area contributed by atoms with Crippen LogP contribution in [0.2, 0.25) is 0 Å². The van der Waals surface area contributed by atoms with E-state index in [1.807, 2.05) is 6.92 Å². The normalized spacial score (nSPS) is 23.2. The summed E-state index contributed by atoms with van der Waals surface area (Å²) in [7, 11) is 0. The van der Waals surface area contributed by atoms with Crippen LogP contribution < -0.4 is 0 Å². The molecule has 0 fully saturated rings. The first-order valence-corrected chi connectivity index (χ1v) is 9.94. The molecule has 25 heavy (non-hydrogen) atoms. The highest BCUT2D eigenvalue weighted by Crippen LogP contribution is 2.35.